The Morgan fingerprint density at radius 3 is 2.96 bits per heavy atom. The van der Waals surface area contributed by atoms with Crippen molar-refractivity contribution in [3.05, 3.63) is 48.0 Å². The average molecular weight is 317 g/mol. The summed E-state index contributed by atoms with van der Waals surface area (Å²) in [6, 6.07) is 5.68. The van der Waals surface area contributed by atoms with E-state index in [1.54, 1.807) is 11.0 Å². The van der Waals surface area contributed by atoms with Crippen LogP contribution in [-0.4, -0.2) is 47.1 Å². The lowest BCUT2D eigenvalue weighted by Gasteiger charge is -2.17. The molecular weight excluding hydrogens is 301 g/mol. The number of nitrogens with zero attached hydrogens (tertiary/aromatic N) is 3. The minimum Gasteiger partial charge on any atom is -0.480 e. The fraction of sp³-hybridized carbons (Fsp3) is 0.312. The maximum Gasteiger partial charge on any atom is 0.254 e. The zero-order valence-corrected chi connectivity index (χ0v) is 12.6. The van der Waals surface area contributed by atoms with Gasteiger partial charge in [-0.25, -0.2) is 4.39 Å². The number of rotatable bonds is 4. The van der Waals surface area contributed by atoms with Gasteiger partial charge in [-0.3, -0.25) is 9.78 Å². The van der Waals surface area contributed by atoms with Crippen LogP contribution < -0.4 is 9.47 Å². The average Bonchev–Trinajstić information content (AvgIpc) is 3.03. The SMILES string of the molecule is COc1cncc(OC2CCN(C(=O)c3cccc(F)c3)C2)n1. The summed E-state index contributed by atoms with van der Waals surface area (Å²) < 4.78 is 24.0. The van der Waals surface area contributed by atoms with E-state index in [-0.39, 0.29) is 12.0 Å². The molecule has 0 spiro atoms. The van der Waals surface area contributed by atoms with Crippen LogP contribution in [0.3, 0.4) is 0 Å². The van der Waals surface area contributed by atoms with Gasteiger partial charge in [0.1, 0.15) is 11.9 Å². The van der Waals surface area contributed by atoms with Gasteiger partial charge in [0.25, 0.3) is 5.91 Å². The maximum absolute atomic E-state index is 13.2. The van der Waals surface area contributed by atoms with Crippen molar-refractivity contribution in [2.75, 3.05) is 20.2 Å². The predicted octanol–water partition coefficient (Wildman–Crippen LogP) is 1.92. The Morgan fingerprint density at radius 1 is 1.35 bits per heavy atom. The van der Waals surface area contributed by atoms with Crippen LogP contribution in [0.1, 0.15) is 16.8 Å². The van der Waals surface area contributed by atoms with Crippen LogP contribution in [0.5, 0.6) is 11.8 Å². The summed E-state index contributed by atoms with van der Waals surface area (Å²) in [5.74, 6) is 0.101. The first-order valence-electron chi connectivity index (χ1n) is 7.23. The highest BCUT2D eigenvalue weighted by Crippen LogP contribution is 2.19. The molecule has 0 radical (unpaired) electrons. The summed E-state index contributed by atoms with van der Waals surface area (Å²) in [5, 5.41) is 0. The Labute approximate surface area is 132 Å². The molecular formula is C16H16FN3O3. The molecule has 1 unspecified atom stereocenters. The number of amides is 1. The van der Waals surface area contributed by atoms with Gasteiger partial charge in [0.15, 0.2) is 0 Å². The fourth-order valence-electron chi connectivity index (χ4n) is 2.47. The number of aromatic nitrogens is 2. The van der Waals surface area contributed by atoms with Gasteiger partial charge >= 0.3 is 0 Å². The van der Waals surface area contributed by atoms with Crippen molar-refractivity contribution in [1.29, 1.82) is 0 Å². The number of hydrogen-bond donors (Lipinski definition) is 0. The van der Waals surface area contributed by atoms with E-state index in [1.807, 2.05) is 0 Å². The third-order valence-electron chi connectivity index (χ3n) is 3.59. The molecule has 2 aromatic rings. The molecule has 1 amide bonds. The van der Waals surface area contributed by atoms with Gasteiger partial charge in [-0.05, 0) is 18.2 Å². The summed E-state index contributed by atoms with van der Waals surface area (Å²) in [7, 11) is 1.50. The molecule has 1 aliphatic heterocycles. The second-order valence-electron chi connectivity index (χ2n) is 5.19. The van der Waals surface area contributed by atoms with Crippen LogP contribution >= 0.6 is 0 Å². The highest BCUT2D eigenvalue weighted by molar-refractivity contribution is 5.94. The molecule has 0 aliphatic carbocycles. The van der Waals surface area contributed by atoms with Crippen LogP contribution in [0.2, 0.25) is 0 Å². The summed E-state index contributed by atoms with van der Waals surface area (Å²) >= 11 is 0. The van der Waals surface area contributed by atoms with Crippen molar-refractivity contribution in [3.63, 3.8) is 0 Å². The molecule has 0 N–H and O–H groups in total. The third-order valence-corrected chi connectivity index (χ3v) is 3.59. The molecule has 1 atom stereocenters. The van der Waals surface area contributed by atoms with E-state index in [1.165, 1.54) is 37.7 Å². The van der Waals surface area contributed by atoms with Gasteiger partial charge in [-0.1, -0.05) is 6.07 Å². The normalized spacial score (nSPS) is 17.1. The monoisotopic (exact) mass is 317 g/mol. The molecule has 0 bridgehead atoms. The molecule has 6 nitrogen and oxygen atoms in total. The molecule has 1 saturated heterocycles. The summed E-state index contributed by atoms with van der Waals surface area (Å²) in [6.45, 7) is 0.978. The van der Waals surface area contributed by atoms with Gasteiger partial charge in [0, 0.05) is 18.5 Å². The van der Waals surface area contributed by atoms with E-state index in [2.05, 4.69) is 9.97 Å². The first-order chi connectivity index (χ1) is 11.2. The number of hydrogen-bond acceptors (Lipinski definition) is 5. The quantitative estimate of drug-likeness (QED) is 0.862. The summed E-state index contributed by atoms with van der Waals surface area (Å²) in [6.07, 6.45) is 3.50. The largest absolute Gasteiger partial charge is 0.480 e. The standard InChI is InChI=1S/C16H16FN3O3/c1-22-14-8-18-9-15(19-14)23-13-5-6-20(10-13)16(21)11-3-2-4-12(17)7-11/h2-4,7-9,13H,5-6,10H2,1H3. The zero-order chi connectivity index (χ0) is 16.2. The minimum absolute atomic E-state index is 0.172. The van der Waals surface area contributed by atoms with Gasteiger partial charge < -0.3 is 14.4 Å². The van der Waals surface area contributed by atoms with E-state index in [9.17, 15) is 9.18 Å². The number of halogens is 1. The molecule has 1 aromatic carbocycles. The topological polar surface area (TPSA) is 64.6 Å². The lowest BCUT2D eigenvalue weighted by Crippen LogP contribution is -2.31. The Kier molecular flexibility index (Phi) is 4.36. The second-order valence-corrected chi connectivity index (χ2v) is 5.19. The van der Waals surface area contributed by atoms with Gasteiger partial charge in [0.2, 0.25) is 11.8 Å². The molecule has 23 heavy (non-hydrogen) atoms. The van der Waals surface area contributed by atoms with E-state index >= 15 is 0 Å². The van der Waals surface area contributed by atoms with Crippen molar-refractivity contribution in [2.24, 2.45) is 0 Å². The highest BCUT2D eigenvalue weighted by Gasteiger charge is 2.28. The number of benzene rings is 1. The maximum atomic E-state index is 13.2. The molecule has 3 rings (SSSR count). The van der Waals surface area contributed by atoms with Crippen molar-refractivity contribution >= 4 is 5.91 Å². The van der Waals surface area contributed by atoms with E-state index in [0.29, 0.717) is 36.8 Å². The number of carbonyl (C=O) groups is 1. The van der Waals surface area contributed by atoms with Crippen molar-refractivity contribution in [2.45, 2.75) is 12.5 Å². The van der Waals surface area contributed by atoms with Gasteiger partial charge in [0.05, 0.1) is 26.0 Å². The van der Waals surface area contributed by atoms with Crippen LogP contribution in [0.4, 0.5) is 4.39 Å². The second kappa shape index (κ2) is 6.60. The Bertz CT molecular complexity index is 710. The lowest BCUT2D eigenvalue weighted by atomic mass is 10.2. The molecule has 120 valence electrons. The summed E-state index contributed by atoms with van der Waals surface area (Å²) in [4.78, 5) is 22.1. The highest BCUT2D eigenvalue weighted by atomic mass is 19.1. The van der Waals surface area contributed by atoms with Crippen LogP contribution in [0.25, 0.3) is 0 Å². The fourth-order valence-corrected chi connectivity index (χ4v) is 2.47. The van der Waals surface area contributed by atoms with Crippen molar-refractivity contribution in [3.8, 4) is 11.8 Å². The Hall–Kier alpha value is -2.70. The number of methoxy groups -OCH3 is 1. The van der Waals surface area contributed by atoms with Gasteiger partial charge in [-0.2, -0.15) is 4.98 Å². The van der Waals surface area contributed by atoms with E-state index in [0.717, 1.165) is 0 Å². The Morgan fingerprint density at radius 2 is 2.17 bits per heavy atom. The van der Waals surface area contributed by atoms with E-state index in [4.69, 9.17) is 9.47 Å². The van der Waals surface area contributed by atoms with Crippen molar-refractivity contribution in [1.82, 2.24) is 14.9 Å². The van der Waals surface area contributed by atoms with Gasteiger partial charge in [-0.15, -0.1) is 0 Å². The number of likely N-dealkylation sites (tertiary alicyclic amines) is 1. The molecule has 0 saturated carbocycles. The minimum atomic E-state index is -0.422. The van der Waals surface area contributed by atoms with E-state index < -0.39 is 5.82 Å². The predicted molar refractivity (Wildman–Crippen MR) is 79.9 cm³/mol. The molecule has 7 heteroatoms. The molecule has 1 aromatic heterocycles. The van der Waals surface area contributed by atoms with Crippen LogP contribution in [-0.2, 0) is 0 Å². The zero-order valence-electron chi connectivity index (χ0n) is 12.6. The third kappa shape index (κ3) is 3.56. The number of carbonyl (C=O) groups excluding carboxylic acids is 1. The molecule has 1 aliphatic rings. The smallest absolute Gasteiger partial charge is 0.254 e. The first kappa shape index (κ1) is 15.2. The lowest BCUT2D eigenvalue weighted by molar-refractivity contribution is 0.0770. The number of ether oxygens (including phenoxy) is 2. The van der Waals surface area contributed by atoms with Crippen LogP contribution in [0.15, 0.2) is 36.7 Å². The Balaban J connectivity index is 1.63. The van der Waals surface area contributed by atoms with Crippen LogP contribution in [0, 0.1) is 5.82 Å². The molecule has 1 fully saturated rings. The van der Waals surface area contributed by atoms with Crippen molar-refractivity contribution < 1.29 is 18.7 Å². The first-order valence-corrected chi connectivity index (χ1v) is 7.23. The molecule has 2 heterocycles. The summed E-state index contributed by atoms with van der Waals surface area (Å²) in [5.41, 5.74) is 0.340.